The van der Waals surface area contributed by atoms with Crippen LogP contribution in [-0.4, -0.2) is 0 Å². The van der Waals surface area contributed by atoms with E-state index in [1.165, 1.54) is 38.5 Å². The summed E-state index contributed by atoms with van der Waals surface area (Å²) in [4.78, 5) is 0. The summed E-state index contributed by atoms with van der Waals surface area (Å²) in [6, 6.07) is 0. The standard InChI is InChI=1S/2C6H14.2C2H6/c1-4-5-6(2)3;1-3-5-6-4-2;2*1-2/h6H,4-5H2,1-3H3;3-6H2,1-2H3;2*1-2H3. The molecule has 0 heterocycles. The lowest BCUT2D eigenvalue weighted by Crippen LogP contribution is -1.81. The molecule has 0 saturated carbocycles. The Morgan fingerprint density at radius 2 is 0.938 bits per heavy atom. The summed E-state index contributed by atoms with van der Waals surface area (Å²) in [5, 5.41) is 0. The van der Waals surface area contributed by atoms with Gasteiger partial charge in [0.25, 0.3) is 0 Å². The minimum Gasteiger partial charge on any atom is -0.0683 e. The highest BCUT2D eigenvalue weighted by molar-refractivity contribution is 4.38. The van der Waals surface area contributed by atoms with Gasteiger partial charge in [-0.15, -0.1) is 0 Å². The monoisotopic (exact) mass is 232 g/mol. The van der Waals surface area contributed by atoms with Crippen LogP contribution in [0.15, 0.2) is 0 Å². The fraction of sp³-hybridized carbons (Fsp3) is 1.00. The van der Waals surface area contributed by atoms with Gasteiger partial charge < -0.3 is 0 Å². The average Bonchev–Trinajstić information content (AvgIpc) is 2.32. The molecular weight excluding hydrogens is 192 g/mol. The third kappa shape index (κ3) is 65.7. The van der Waals surface area contributed by atoms with Gasteiger partial charge in [0.05, 0.1) is 0 Å². The maximum atomic E-state index is 2.25. The molecule has 0 aromatic carbocycles. The van der Waals surface area contributed by atoms with Crippen molar-refractivity contribution < 1.29 is 0 Å². The third-order valence-corrected chi connectivity index (χ3v) is 1.82. The predicted octanol–water partition coefficient (Wildman–Crippen LogP) is 7.08. The van der Waals surface area contributed by atoms with Gasteiger partial charge in [-0.05, 0) is 5.92 Å². The Morgan fingerprint density at radius 3 is 1.00 bits per heavy atom. The summed E-state index contributed by atoms with van der Waals surface area (Å²) in [6.07, 6.45) is 8.24. The third-order valence-electron chi connectivity index (χ3n) is 1.82. The lowest BCUT2D eigenvalue weighted by molar-refractivity contribution is 0.576. The van der Waals surface area contributed by atoms with Gasteiger partial charge in [0.15, 0.2) is 0 Å². The predicted molar refractivity (Wildman–Crippen MR) is 82.3 cm³/mol. The minimum atomic E-state index is 0.898. The van der Waals surface area contributed by atoms with Crippen LogP contribution in [0.25, 0.3) is 0 Å². The van der Waals surface area contributed by atoms with Crippen LogP contribution in [0.2, 0.25) is 0 Å². The molecule has 0 spiro atoms. The van der Waals surface area contributed by atoms with Crippen molar-refractivity contribution in [1.82, 2.24) is 0 Å². The highest BCUT2D eigenvalue weighted by Gasteiger charge is 1.85. The van der Waals surface area contributed by atoms with Crippen molar-refractivity contribution in [1.29, 1.82) is 0 Å². The molecule has 0 aliphatic heterocycles. The van der Waals surface area contributed by atoms with E-state index in [0.717, 1.165) is 5.92 Å². The lowest BCUT2D eigenvalue weighted by atomic mass is 10.1. The molecule has 0 aliphatic carbocycles. The molecule has 0 saturated heterocycles. The molecule has 0 atom stereocenters. The molecule has 0 radical (unpaired) electrons. The number of hydrogen-bond acceptors (Lipinski definition) is 0. The summed E-state index contributed by atoms with van der Waals surface area (Å²) in [5.41, 5.74) is 0. The zero-order valence-electron chi connectivity index (χ0n) is 13.8. The van der Waals surface area contributed by atoms with Crippen molar-refractivity contribution in [2.24, 2.45) is 5.92 Å². The molecule has 0 rings (SSSR count). The molecule has 0 nitrogen and oxygen atoms in total. The Kier molecular flexibility index (Phi) is 56.7. The Balaban J connectivity index is -0.0000000686. The summed E-state index contributed by atoms with van der Waals surface area (Å²) < 4.78 is 0. The van der Waals surface area contributed by atoms with Gasteiger partial charge in [-0.25, -0.2) is 0 Å². The summed E-state index contributed by atoms with van der Waals surface area (Å²) in [5.74, 6) is 0.898. The van der Waals surface area contributed by atoms with E-state index in [4.69, 9.17) is 0 Å². The van der Waals surface area contributed by atoms with Crippen LogP contribution < -0.4 is 0 Å². The van der Waals surface area contributed by atoms with Crippen molar-refractivity contribution in [3.63, 3.8) is 0 Å². The molecule has 0 aromatic heterocycles. The number of rotatable bonds is 5. The Bertz CT molecular complexity index is 51.1. The van der Waals surface area contributed by atoms with Gasteiger partial charge in [0.2, 0.25) is 0 Å². The van der Waals surface area contributed by atoms with E-state index in [1.54, 1.807) is 0 Å². The summed E-state index contributed by atoms with van der Waals surface area (Å²) in [6.45, 7) is 19.2. The van der Waals surface area contributed by atoms with Crippen LogP contribution in [-0.2, 0) is 0 Å². The van der Waals surface area contributed by atoms with E-state index >= 15 is 0 Å². The Labute approximate surface area is 107 Å². The van der Waals surface area contributed by atoms with Gasteiger partial charge in [0, 0.05) is 0 Å². The molecule has 0 aliphatic rings. The Morgan fingerprint density at radius 1 is 0.625 bits per heavy atom. The fourth-order valence-electron chi connectivity index (χ4n) is 1.08. The molecule has 0 N–H and O–H groups in total. The number of hydrogen-bond donors (Lipinski definition) is 0. The van der Waals surface area contributed by atoms with Crippen LogP contribution in [0.3, 0.4) is 0 Å². The molecule has 0 aromatic rings. The van der Waals surface area contributed by atoms with Gasteiger partial charge in [-0.2, -0.15) is 0 Å². The quantitative estimate of drug-likeness (QED) is 0.444. The second kappa shape index (κ2) is 36.3. The van der Waals surface area contributed by atoms with Gasteiger partial charge in [-0.3, -0.25) is 0 Å². The molecule has 104 valence electrons. The van der Waals surface area contributed by atoms with Crippen LogP contribution in [0.4, 0.5) is 0 Å². The smallest absolute Gasteiger partial charge is 0.0471 e. The first-order valence-corrected chi connectivity index (χ1v) is 7.68. The van der Waals surface area contributed by atoms with E-state index in [0.29, 0.717) is 0 Å². The maximum absolute atomic E-state index is 2.25. The van der Waals surface area contributed by atoms with Crippen molar-refractivity contribution in [3.8, 4) is 0 Å². The SMILES string of the molecule is CC.CC.CCCC(C)C.CCCCCC. The number of unbranched alkanes of at least 4 members (excludes halogenated alkanes) is 3. The van der Waals surface area contributed by atoms with E-state index in [-0.39, 0.29) is 0 Å². The first kappa shape index (κ1) is 25.0. The maximum Gasteiger partial charge on any atom is -0.0471 e. The van der Waals surface area contributed by atoms with Gasteiger partial charge in [0.1, 0.15) is 0 Å². The van der Waals surface area contributed by atoms with Crippen molar-refractivity contribution in [2.45, 2.75) is 101 Å². The largest absolute Gasteiger partial charge is 0.0683 e. The highest BCUT2D eigenvalue weighted by atomic mass is 13.9. The van der Waals surface area contributed by atoms with Crippen molar-refractivity contribution in [2.75, 3.05) is 0 Å². The molecule has 0 amide bonds. The Hall–Kier alpha value is 0. The zero-order chi connectivity index (χ0) is 13.8. The van der Waals surface area contributed by atoms with Crippen LogP contribution >= 0.6 is 0 Å². The fourth-order valence-corrected chi connectivity index (χ4v) is 1.08. The van der Waals surface area contributed by atoms with Crippen LogP contribution in [0, 0.1) is 5.92 Å². The van der Waals surface area contributed by atoms with Crippen LogP contribution in [0.5, 0.6) is 0 Å². The van der Waals surface area contributed by atoms with Crippen LogP contribution in [0.1, 0.15) is 101 Å². The normalized spacial score (nSPS) is 7.88. The molecular formula is C16H40. The van der Waals surface area contributed by atoms with Crippen molar-refractivity contribution >= 4 is 0 Å². The van der Waals surface area contributed by atoms with E-state index in [2.05, 4.69) is 34.6 Å². The lowest BCUT2D eigenvalue weighted by Gasteiger charge is -1.95. The van der Waals surface area contributed by atoms with Gasteiger partial charge in [-0.1, -0.05) is 101 Å². The van der Waals surface area contributed by atoms with E-state index in [1.807, 2.05) is 27.7 Å². The molecule has 0 fully saturated rings. The topological polar surface area (TPSA) is 0 Å². The van der Waals surface area contributed by atoms with Gasteiger partial charge >= 0.3 is 0 Å². The first-order chi connectivity index (χ1) is 7.68. The minimum absolute atomic E-state index is 0.898. The van der Waals surface area contributed by atoms with Crippen molar-refractivity contribution in [3.05, 3.63) is 0 Å². The average molecular weight is 232 g/mol. The second-order valence-electron chi connectivity index (χ2n) is 3.89. The summed E-state index contributed by atoms with van der Waals surface area (Å²) in [7, 11) is 0. The molecule has 0 bridgehead atoms. The molecule has 16 heavy (non-hydrogen) atoms. The molecule has 0 unspecified atom stereocenters. The first-order valence-electron chi connectivity index (χ1n) is 7.68. The second-order valence-corrected chi connectivity index (χ2v) is 3.89. The highest BCUT2D eigenvalue weighted by Crippen LogP contribution is 2.00. The zero-order valence-corrected chi connectivity index (χ0v) is 13.8. The molecule has 0 heteroatoms. The van der Waals surface area contributed by atoms with E-state index in [9.17, 15) is 0 Å². The van der Waals surface area contributed by atoms with E-state index < -0.39 is 0 Å². The summed E-state index contributed by atoms with van der Waals surface area (Å²) >= 11 is 0.